The summed E-state index contributed by atoms with van der Waals surface area (Å²) in [7, 11) is 0. The second-order valence-corrected chi connectivity index (χ2v) is 10.1. The van der Waals surface area contributed by atoms with E-state index in [2.05, 4.69) is 31.4 Å². The fourth-order valence-corrected chi connectivity index (χ4v) is 5.13. The second-order valence-electron chi connectivity index (χ2n) is 8.81. The number of carbonyl (C=O) groups is 2. The van der Waals surface area contributed by atoms with Crippen LogP contribution in [0.4, 0.5) is 0 Å². The first-order valence-electron chi connectivity index (χ1n) is 12.2. The number of ether oxygens (including phenoxy) is 1. The highest BCUT2D eigenvalue weighted by Crippen LogP contribution is 2.39. The van der Waals surface area contributed by atoms with Gasteiger partial charge in [-0.1, -0.05) is 82.1 Å². The van der Waals surface area contributed by atoms with Crippen molar-refractivity contribution in [2.75, 3.05) is 0 Å². The highest BCUT2D eigenvalue weighted by molar-refractivity contribution is 9.10. The Hall–Kier alpha value is -4.66. The van der Waals surface area contributed by atoms with Crippen molar-refractivity contribution < 1.29 is 18.7 Å². The molecule has 0 spiro atoms. The van der Waals surface area contributed by atoms with E-state index in [-0.39, 0.29) is 11.5 Å². The number of H-pyrrole nitrogens is 1. The number of aromatic nitrogens is 1. The van der Waals surface area contributed by atoms with Gasteiger partial charge in [-0.2, -0.15) is 5.10 Å². The van der Waals surface area contributed by atoms with Crippen LogP contribution in [0.25, 0.3) is 32.8 Å². The number of furan rings is 1. The van der Waals surface area contributed by atoms with Gasteiger partial charge in [-0.3, -0.25) is 4.79 Å². The number of amides is 1. The molecule has 0 atom stereocenters. The van der Waals surface area contributed by atoms with E-state index in [1.165, 1.54) is 18.5 Å². The van der Waals surface area contributed by atoms with Gasteiger partial charge in [-0.05, 0) is 41.8 Å². The summed E-state index contributed by atoms with van der Waals surface area (Å²) in [5.41, 5.74) is 5.59. The standard InChI is InChI=1S/C31H19BrClN3O4/c32-20-12-14-25(40-31(38)26-10-5-15-39-26)19(16-20)17-34-36-30(37)29-27(22-8-3-4-9-24(22)33)23-13-11-18-6-1-2-7-21(18)28(23)35-29/h1-17,35H,(H,36,37). The lowest BCUT2D eigenvalue weighted by Crippen LogP contribution is -2.19. The van der Waals surface area contributed by atoms with Crippen LogP contribution in [0.15, 0.2) is 111 Å². The number of esters is 1. The zero-order chi connectivity index (χ0) is 27.6. The number of nitrogens with one attached hydrogen (secondary N) is 2. The molecular formula is C31H19BrClN3O4. The zero-order valence-electron chi connectivity index (χ0n) is 20.7. The minimum absolute atomic E-state index is 0.0672. The van der Waals surface area contributed by atoms with Gasteiger partial charge >= 0.3 is 5.97 Å². The van der Waals surface area contributed by atoms with Crippen LogP contribution in [0.2, 0.25) is 5.02 Å². The number of hydrogen-bond donors (Lipinski definition) is 2. The molecule has 0 fully saturated rings. The van der Waals surface area contributed by atoms with Crippen molar-refractivity contribution in [1.82, 2.24) is 10.4 Å². The average Bonchev–Trinajstić information content (AvgIpc) is 3.64. The van der Waals surface area contributed by atoms with Crippen molar-refractivity contribution in [2.24, 2.45) is 5.10 Å². The van der Waals surface area contributed by atoms with Crippen molar-refractivity contribution in [3.8, 4) is 16.9 Å². The molecule has 1 amide bonds. The van der Waals surface area contributed by atoms with Crippen molar-refractivity contribution >= 4 is 67.3 Å². The number of aromatic amines is 1. The molecular weight excluding hydrogens is 594 g/mol. The van der Waals surface area contributed by atoms with Crippen LogP contribution < -0.4 is 10.2 Å². The summed E-state index contributed by atoms with van der Waals surface area (Å²) in [6, 6.07) is 27.5. The van der Waals surface area contributed by atoms with Gasteiger partial charge in [0.25, 0.3) is 5.91 Å². The Bertz CT molecular complexity index is 1930. The third-order valence-corrected chi connectivity index (χ3v) is 7.16. The molecule has 0 unspecified atom stereocenters. The van der Waals surface area contributed by atoms with Crippen LogP contribution in [-0.2, 0) is 0 Å². The molecule has 6 aromatic rings. The summed E-state index contributed by atoms with van der Waals surface area (Å²) in [4.78, 5) is 29.2. The smallest absolute Gasteiger partial charge is 0.379 e. The lowest BCUT2D eigenvalue weighted by atomic mass is 9.99. The monoisotopic (exact) mass is 611 g/mol. The van der Waals surface area contributed by atoms with Crippen LogP contribution >= 0.6 is 27.5 Å². The molecule has 0 bridgehead atoms. The predicted octanol–water partition coefficient (Wildman–Crippen LogP) is 7.98. The van der Waals surface area contributed by atoms with E-state index < -0.39 is 11.9 Å². The van der Waals surface area contributed by atoms with E-state index in [0.29, 0.717) is 21.8 Å². The molecule has 2 N–H and O–H groups in total. The summed E-state index contributed by atoms with van der Waals surface area (Å²) >= 11 is 9.99. The van der Waals surface area contributed by atoms with Gasteiger partial charge in [-0.15, -0.1) is 0 Å². The van der Waals surface area contributed by atoms with E-state index in [4.69, 9.17) is 20.8 Å². The van der Waals surface area contributed by atoms with Crippen molar-refractivity contribution in [2.45, 2.75) is 0 Å². The molecule has 0 radical (unpaired) electrons. The van der Waals surface area contributed by atoms with Crippen LogP contribution in [0, 0.1) is 0 Å². The maximum absolute atomic E-state index is 13.5. The van der Waals surface area contributed by atoms with Crippen LogP contribution in [-0.4, -0.2) is 23.1 Å². The molecule has 0 aliphatic rings. The Morgan fingerprint density at radius 3 is 2.60 bits per heavy atom. The Morgan fingerprint density at radius 1 is 0.950 bits per heavy atom. The number of halogens is 2. The fraction of sp³-hybridized carbons (Fsp3) is 0. The van der Waals surface area contributed by atoms with Gasteiger partial charge in [0.1, 0.15) is 11.4 Å². The maximum Gasteiger partial charge on any atom is 0.379 e. The Morgan fingerprint density at radius 2 is 1.77 bits per heavy atom. The molecule has 9 heteroatoms. The first-order valence-corrected chi connectivity index (χ1v) is 13.3. The minimum Gasteiger partial charge on any atom is -0.457 e. The Balaban J connectivity index is 1.35. The fourth-order valence-electron chi connectivity index (χ4n) is 4.53. The Kier molecular flexibility index (Phi) is 6.94. The van der Waals surface area contributed by atoms with E-state index in [0.717, 1.165) is 31.7 Å². The van der Waals surface area contributed by atoms with Gasteiger partial charge in [0.15, 0.2) is 0 Å². The molecule has 40 heavy (non-hydrogen) atoms. The predicted molar refractivity (Wildman–Crippen MR) is 159 cm³/mol. The largest absolute Gasteiger partial charge is 0.457 e. The quantitative estimate of drug-likeness (QED) is 0.0863. The maximum atomic E-state index is 13.5. The lowest BCUT2D eigenvalue weighted by Gasteiger charge is -2.08. The topological polar surface area (TPSA) is 96.7 Å². The summed E-state index contributed by atoms with van der Waals surface area (Å²) in [5, 5.41) is 7.57. The first kappa shape index (κ1) is 25.6. The van der Waals surface area contributed by atoms with E-state index in [1.54, 1.807) is 30.3 Å². The van der Waals surface area contributed by atoms with E-state index in [1.807, 2.05) is 54.6 Å². The summed E-state index contributed by atoms with van der Waals surface area (Å²) < 4.78 is 11.3. The van der Waals surface area contributed by atoms with E-state index >= 15 is 0 Å². The number of hydrogen-bond acceptors (Lipinski definition) is 5. The normalized spacial score (nSPS) is 11.3. The van der Waals surface area contributed by atoms with Gasteiger partial charge in [0.2, 0.25) is 5.76 Å². The number of fused-ring (bicyclic) bond motifs is 3. The van der Waals surface area contributed by atoms with Crippen molar-refractivity contribution in [3.63, 3.8) is 0 Å². The minimum atomic E-state index is -0.652. The molecule has 2 heterocycles. The zero-order valence-corrected chi connectivity index (χ0v) is 23.0. The van der Waals surface area contributed by atoms with Gasteiger partial charge < -0.3 is 14.1 Å². The van der Waals surface area contributed by atoms with Crippen molar-refractivity contribution in [1.29, 1.82) is 0 Å². The average molecular weight is 613 g/mol. The molecule has 7 nitrogen and oxygen atoms in total. The SMILES string of the molecule is O=C(Oc1ccc(Br)cc1C=NNC(=O)c1[nH]c2c(ccc3ccccc32)c1-c1ccccc1Cl)c1ccco1. The summed E-state index contributed by atoms with van der Waals surface area (Å²) in [5.74, 6) is -0.801. The summed E-state index contributed by atoms with van der Waals surface area (Å²) in [6.07, 6.45) is 2.79. The number of carbonyl (C=O) groups excluding carboxylic acids is 2. The molecule has 6 rings (SSSR count). The third kappa shape index (κ3) is 4.90. The number of hydrazone groups is 1. The van der Waals surface area contributed by atoms with Crippen LogP contribution in [0.3, 0.4) is 0 Å². The molecule has 0 aliphatic carbocycles. The lowest BCUT2D eigenvalue weighted by molar-refractivity contribution is 0.0700. The second kappa shape index (κ2) is 10.8. The molecule has 0 saturated carbocycles. The van der Waals surface area contributed by atoms with Crippen molar-refractivity contribution in [3.05, 3.63) is 124 Å². The number of rotatable bonds is 6. The third-order valence-electron chi connectivity index (χ3n) is 6.34. The van der Waals surface area contributed by atoms with Crippen LogP contribution in [0.5, 0.6) is 5.75 Å². The molecule has 2 aromatic heterocycles. The van der Waals surface area contributed by atoms with E-state index in [9.17, 15) is 9.59 Å². The first-order chi connectivity index (χ1) is 19.5. The Labute approximate surface area is 241 Å². The highest BCUT2D eigenvalue weighted by Gasteiger charge is 2.22. The summed E-state index contributed by atoms with van der Waals surface area (Å²) in [6.45, 7) is 0. The van der Waals surface area contributed by atoms with Gasteiger partial charge in [0.05, 0.1) is 18.0 Å². The molecule has 4 aromatic carbocycles. The highest BCUT2D eigenvalue weighted by atomic mass is 79.9. The molecule has 0 saturated heterocycles. The number of nitrogens with zero attached hydrogens (tertiary/aromatic N) is 1. The molecule has 196 valence electrons. The number of benzene rings is 4. The van der Waals surface area contributed by atoms with Gasteiger partial charge in [-0.25, -0.2) is 10.2 Å². The van der Waals surface area contributed by atoms with Gasteiger partial charge in [0, 0.05) is 37.0 Å². The van der Waals surface area contributed by atoms with Crippen LogP contribution in [0.1, 0.15) is 26.6 Å². The molecule has 0 aliphatic heterocycles.